The van der Waals surface area contributed by atoms with Gasteiger partial charge < -0.3 is 15.2 Å². The number of methoxy groups -OCH3 is 1. The van der Waals surface area contributed by atoms with Crippen LogP contribution >= 0.6 is 11.3 Å². The first kappa shape index (κ1) is 13.5. The summed E-state index contributed by atoms with van der Waals surface area (Å²) in [7, 11) is 1.48. The van der Waals surface area contributed by atoms with Crippen molar-refractivity contribution in [1.82, 2.24) is 10.3 Å². The molecule has 0 saturated heterocycles. The average Bonchev–Trinajstić information content (AvgIpc) is 2.98. The highest BCUT2D eigenvalue weighted by molar-refractivity contribution is 7.07. The van der Waals surface area contributed by atoms with Crippen molar-refractivity contribution in [2.24, 2.45) is 0 Å². The Kier molecular flexibility index (Phi) is 4.48. The van der Waals surface area contributed by atoms with Gasteiger partial charge in [-0.15, -0.1) is 0 Å². The van der Waals surface area contributed by atoms with Crippen molar-refractivity contribution < 1.29 is 14.6 Å². The van der Waals surface area contributed by atoms with Crippen molar-refractivity contribution in [2.75, 3.05) is 13.7 Å². The fourth-order valence-corrected chi connectivity index (χ4v) is 2.30. The van der Waals surface area contributed by atoms with Crippen LogP contribution in [0.25, 0.3) is 0 Å². The summed E-state index contributed by atoms with van der Waals surface area (Å²) in [4.78, 5) is 15.9. The van der Waals surface area contributed by atoms with E-state index in [0.29, 0.717) is 11.3 Å². The Morgan fingerprint density at radius 3 is 3.11 bits per heavy atom. The summed E-state index contributed by atoms with van der Waals surface area (Å²) < 4.78 is 5.06. The van der Waals surface area contributed by atoms with E-state index in [4.69, 9.17) is 4.74 Å². The summed E-state index contributed by atoms with van der Waals surface area (Å²) in [6, 6.07) is 3.40. The molecule has 2 aromatic rings. The maximum absolute atomic E-state index is 12.0. The third-order valence-corrected chi connectivity index (χ3v) is 3.33. The van der Waals surface area contributed by atoms with Crippen LogP contribution in [0, 0.1) is 0 Å². The molecule has 2 aromatic heterocycles. The lowest BCUT2D eigenvalue weighted by atomic mass is 10.2. The summed E-state index contributed by atoms with van der Waals surface area (Å²) in [6.07, 6.45) is 2.29. The molecule has 0 aliphatic carbocycles. The monoisotopic (exact) mass is 278 g/mol. The van der Waals surface area contributed by atoms with Gasteiger partial charge in [0.1, 0.15) is 5.75 Å². The third-order valence-electron chi connectivity index (χ3n) is 2.63. The predicted molar refractivity (Wildman–Crippen MR) is 72.4 cm³/mol. The Morgan fingerprint density at radius 2 is 2.42 bits per heavy atom. The number of rotatable bonds is 5. The molecule has 2 N–H and O–H groups in total. The van der Waals surface area contributed by atoms with Crippen LogP contribution in [-0.2, 0) is 0 Å². The Balaban J connectivity index is 1.98. The Bertz CT molecular complexity index is 543. The first-order valence-corrected chi connectivity index (χ1v) is 6.63. The number of nitrogens with one attached hydrogen (secondary N) is 1. The molecule has 1 amide bonds. The number of aliphatic hydroxyl groups excluding tert-OH is 1. The number of thiophene rings is 1. The van der Waals surface area contributed by atoms with E-state index >= 15 is 0 Å². The van der Waals surface area contributed by atoms with Gasteiger partial charge >= 0.3 is 0 Å². The number of nitrogens with zero attached hydrogens (tertiary/aromatic N) is 1. The maximum atomic E-state index is 12.0. The van der Waals surface area contributed by atoms with E-state index in [1.807, 2.05) is 16.8 Å². The van der Waals surface area contributed by atoms with Crippen molar-refractivity contribution in [2.45, 2.75) is 6.10 Å². The fourth-order valence-electron chi connectivity index (χ4n) is 1.60. The number of aromatic nitrogens is 1. The minimum absolute atomic E-state index is 0.154. The largest absolute Gasteiger partial charge is 0.494 e. The van der Waals surface area contributed by atoms with Crippen LogP contribution in [-0.4, -0.2) is 29.7 Å². The molecule has 100 valence electrons. The first-order valence-electron chi connectivity index (χ1n) is 5.68. The lowest BCUT2D eigenvalue weighted by Crippen LogP contribution is -2.28. The van der Waals surface area contributed by atoms with Gasteiger partial charge in [-0.05, 0) is 28.5 Å². The Labute approximate surface area is 114 Å². The molecule has 0 aromatic carbocycles. The molecule has 0 fully saturated rings. The van der Waals surface area contributed by atoms with Gasteiger partial charge in [-0.25, -0.2) is 0 Å². The molecule has 19 heavy (non-hydrogen) atoms. The fraction of sp³-hybridized carbons (Fsp3) is 0.231. The molecule has 2 rings (SSSR count). The summed E-state index contributed by atoms with van der Waals surface area (Å²) >= 11 is 1.50. The Hall–Kier alpha value is -1.92. The second-order valence-electron chi connectivity index (χ2n) is 3.86. The number of amides is 1. The van der Waals surface area contributed by atoms with Crippen molar-refractivity contribution in [3.63, 3.8) is 0 Å². The molecule has 1 atom stereocenters. The Morgan fingerprint density at radius 1 is 1.58 bits per heavy atom. The molecule has 2 heterocycles. The molecule has 0 aliphatic rings. The van der Waals surface area contributed by atoms with Crippen LogP contribution in [0.15, 0.2) is 35.3 Å². The van der Waals surface area contributed by atoms with E-state index < -0.39 is 6.10 Å². The van der Waals surface area contributed by atoms with Crippen molar-refractivity contribution in [1.29, 1.82) is 0 Å². The van der Waals surface area contributed by atoms with Gasteiger partial charge in [-0.3, -0.25) is 9.78 Å². The standard InChI is InChI=1S/C13H14N2O3S/c1-18-12-7-14-4-2-10(12)13(17)15-6-11(16)9-3-5-19-8-9/h2-5,7-8,11,16H,6H2,1H3,(H,15,17). The normalized spacial score (nSPS) is 11.9. The van der Waals surface area contributed by atoms with Gasteiger partial charge in [0.25, 0.3) is 5.91 Å². The third kappa shape index (κ3) is 3.30. The molecular formula is C13H14N2O3S. The molecule has 6 heteroatoms. The van der Waals surface area contributed by atoms with Gasteiger partial charge in [0.2, 0.25) is 0 Å². The molecule has 0 spiro atoms. The zero-order valence-corrected chi connectivity index (χ0v) is 11.2. The lowest BCUT2D eigenvalue weighted by Gasteiger charge is -2.12. The summed E-state index contributed by atoms with van der Waals surface area (Å²) in [5, 5.41) is 16.3. The highest BCUT2D eigenvalue weighted by Gasteiger charge is 2.14. The van der Waals surface area contributed by atoms with Crippen LogP contribution < -0.4 is 10.1 Å². The van der Waals surface area contributed by atoms with Gasteiger partial charge in [-0.2, -0.15) is 11.3 Å². The van der Waals surface area contributed by atoms with Gasteiger partial charge in [0, 0.05) is 12.7 Å². The molecule has 0 saturated carbocycles. The van der Waals surface area contributed by atoms with Crippen LogP contribution in [0.2, 0.25) is 0 Å². The van der Waals surface area contributed by atoms with Gasteiger partial charge in [0.15, 0.2) is 0 Å². The topological polar surface area (TPSA) is 71.5 Å². The van der Waals surface area contributed by atoms with E-state index in [9.17, 15) is 9.90 Å². The number of pyridine rings is 1. The predicted octanol–water partition coefficient (Wildman–Crippen LogP) is 1.62. The maximum Gasteiger partial charge on any atom is 0.255 e. The smallest absolute Gasteiger partial charge is 0.255 e. The number of carbonyl (C=O) groups excluding carboxylic acids is 1. The number of aliphatic hydroxyl groups is 1. The zero-order chi connectivity index (χ0) is 13.7. The molecule has 0 aliphatic heterocycles. The summed E-state index contributed by atoms with van der Waals surface area (Å²) in [5.41, 5.74) is 1.20. The number of ether oxygens (including phenoxy) is 1. The summed E-state index contributed by atoms with van der Waals surface area (Å²) in [5.74, 6) is 0.110. The molecule has 0 radical (unpaired) electrons. The van der Waals surface area contributed by atoms with Gasteiger partial charge in [0.05, 0.1) is 25.0 Å². The van der Waals surface area contributed by atoms with Crippen molar-refractivity contribution in [3.8, 4) is 5.75 Å². The second-order valence-corrected chi connectivity index (χ2v) is 4.64. The molecular weight excluding hydrogens is 264 g/mol. The van der Waals surface area contributed by atoms with E-state index in [0.717, 1.165) is 5.56 Å². The minimum Gasteiger partial charge on any atom is -0.494 e. The number of hydrogen-bond donors (Lipinski definition) is 2. The zero-order valence-electron chi connectivity index (χ0n) is 10.4. The van der Waals surface area contributed by atoms with Crippen LogP contribution in [0.4, 0.5) is 0 Å². The SMILES string of the molecule is COc1cnccc1C(=O)NCC(O)c1ccsc1. The van der Waals surface area contributed by atoms with E-state index in [-0.39, 0.29) is 12.5 Å². The average molecular weight is 278 g/mol. The minimum atomic E-state index is -0.706. The van der Waals surface area contributed by atoms with E-state index in [1.54, 1.807) is 6.07 Å². The lowest BCUT2D eigenvalue weighted by molar-refractivity contribution is 0.0913. The second kappa shape index (κ2) is 6.31. The van der Waals surface area contributed by atoms with Crippen LogP contribution in [0.5, 0.6) is 5.75 Å². The first-order chi connectivity index (χ1) is 9.22. The highest BCUT2D eigenvalue weighted by atomic mass is 32.1. The van der Waals surface area contributed by atoms with E-state index in [2.05, 4.69) is 10.3 Å². The van der Waals surface area contributed by atoms with E-state index in [1.165, 1.54) is 30.8 Å². The van der Waals surface area contributed by atoms with Crippen molar-refractivity contribution in [3.05, 3.63) is 46.4 Å². The van der Waals surface area contributed by atoms with Crippen molar-refractivity contribution >= 4 is 17.2 Å². The quantitative estimate of drug-likeness (QED) is 0.871. The van der Waals surface area contributed by atoms with Crippen LogP contribution in [0.1, 0.15) is 22.0 Å². The van der Waals surface area contributed by atoms with Gasteiger partial charge in [-0.1, -0.05) is 0 Å². The number of hydrogen-bond acceptors (Lipinski definition) is 5. The molecule has 5 nitrogen and oxygen atoms in total. The molecule has 0 bridgehead atoms. The number of carbonyl (C=O) groups is 1. The highest BCUT2D eigenvalue weighted by Crippen LogP contribution is 2.17. The van der Waals surface area contributed by atoms with Crippen LogP contribution in [0.3, 0.4) is 0 Å². The summed E-state index contributed by atoms with van der Waals surface area (Å²) in [6.45, 7) is 0.154. The molecule has 1 unspecified atom stereocenters.